The normalized spacial score (nSPS) is 16.2. The number of likely N-dealkylation sites (tertiary alicyclic amines) is 1. The van der Waals surface area contributed by atoms with Crippen LogP contribution in [-0.2, 0) is 0 Å². The summed E-state index contributed by atoms with van der Waals surface area (Å²) in [7, 11) is 0. The minimum atomic E-state index is 0.459. The number of benzene rings is 2. The van der Waals surface area contributed by atoms with E-state index in [9.17, 15) is 0 Å². The minimum absolute atomic E-state index is 0.459. The molecule has 0 amide bonds. The van der Waals surface area contributed by atoms with Gasteiger partial charge in [-0.25, -0.2) is 0 Å². The zero-order chi connectivity index (χ0) is 16.9. The summed E-state index contributed by atoms with van der Waals surface area (Å²) in [4.78, 5) is 4.70. The first kappa shape index (κ1) is 17.0. The fourth-order valence-electron chi connectivity index (χ4n) is 2.88. The Labute approximate surface area is 148 Å². The van der Waals surface area contributed by atoms with Gasteiger partial charge in [0.15, 0.2) is 0 Å². The topological polar surface area (TPSA) is 64.5 Å². The maximum absolute atomic E-state index is 6.00. The molecule has 1 unspecified atom stereocenters. The molecule has 1 aliphatic rings. The highest BCUT2D eigenvalue weighted by atomic mass is 32.2. The first-order valence-corrected chi connectivity index (χ1v) is 9.23. The van der Waals surface area contributed by atoms with Gasteiger partial charge in [-0.05, 0) is 69.3 Å². The number of anilines is 2. The van der Waals surface area contributed by atoms with Crippen LogP contribution in [0.4, 0.5) is 11.4 Å². The Kier molecular flexibility index (Phi) is 5.53. The van der Waals surface area contributed by atoms with Gasteiger partial charge in [0.1, 0.15) is 12.4 Å². The Balaban J connectivity index is 1.60. The predicted octanol–water partition coefficient (Wildman–Crippen LogP) is 3.87. The molecule has 2 aromatic carbocycles. The molecule has 5 heteroatoms. The standard InChI is InChI=1S/C19H25N3OS/c1-14(22-9-2-3-10-22)13-23-15-5-4-6-16(11-15)24-17-7-8-18(20)19(21)12-17/h4-8,11-12,14H,2-3,9-10,13,20-21H2,1H3. The van der Waals surface area contributed by atoms with Crippen molar-refractivity contribution >= 4 is 23.1 Å². The van der Waals surface area contributed by atoms with Gasteiger partial charge in [0, 0.05) is 15.8 Å². The molecule has 0 aliphatic carbocycles. The van der Waals surface area contributed by atoms with Gasteiger partial charge >= 0.3 is 0 Å². The van der Waals surface area contributed by atoms with Crippen molar-refractivity contribution in [2.75, 3.05) is 31.2 Å². The molecular formula is C19H25N3OS. The molecule has 0 radical (unpaired) electrons. The second-order valence-corrected chi connectivity index (χ2v) is 7.42. The molecule has 24 heavy (non-hydrogen) atoms. The van der Waals surface area contributed by atoms with Crippen molar-refractivity contribution in [1.82, 2.24) is 4.90 Å². The van der Waals surface area contributed by atoms with E-state index in [1.54, 1.807) is 11.8 Å². The van der Waals surface area contributed by atoms with Crippen LogP contribution in [-0.4, -0.2) is 30.6 Å². The van der Waals surface area contributed by atoms with Crippen LogP contribution in [0.15, 0.2) is 52.3 Å². The van der Waals surface area contributed by atoms with Crippen LogP contribution < -0.4 is 16.2 Å². The molecule has 0 bridgehead atoms. The van der Waals surface area contributed by atoms with Crippen molar-refractivity contribution in [2.24, 2.45) is 0 Å². The highest BCUT2D eigenvalue weighted by Gasteiger charge is 2.18. The number of nitrogen functional groups attached to an aromatic ring is 2. The van der Waals surface area contributed by atoms with Crippen LogP contribution in [0.25, 0.3) is 0 Å². The van der Waals surface area contributed by atoms with Gasteiger partial charge in [0.05, 0.1) is 11.4 Å². The summed E-state index contributed by atoms with van der Waals surface area (Å²) in [5.74, 6) is 0.912. The summed E-state index contributed by atoms with van der Waals surface area (Å²) in [6.07, 6.45) is 2.61. The third kappa shape index (κ3) is 4.36. The van der Waals surface area contributed by atoms with E-state index in [0.29, 0.717) is 17.4 Å². The molecular weight excluding hydrogens is 318 g/mol. The van der Waals surface area contributed by atoms with E-state index in [1.165, 1.54) is 25.9 Å². The molecule has 2 aromatic rings. The zero-order valence-corrected chi connectivity index (χ0v) is 14.9. The van der Waals surface area contributed by atoms with Gasteiger partial charge in [0.25, 0.3) is 0 Å². The number of hydrogen-bond donors (Lipinski definition) is 2. The van der Waals surface area contributed by atoms with Crippen LogP contribution in [0.3, 0.4) is 0 Å². The molecule has 4 N–H and O–H groups in total. The fraction of sp³-hybridized carbons (Fsp3) is 0.368. The monoisotopic (exact) mass is 343 g/mol. The minimum Gasteiger partial charge on any atom is -0.492 e. The molecule has 128 valence electrons. The van der Waals surface area contributed by atoms with Crippen molar-refractivity contribution in [3.8, 4) is 5.75 Å². The Bertz CT molecular complexity index is 686. The van der Waals surface area contributed by atoms with E-state index in [2.05, 4.69) is 24.0 Å². The van der Waals surface area contributed by atoms with Crippen LogP contribution in [0.5, 0.6) is 5.75 Å². The third-order valence-electron chi connectivity index (χ3n) is 4.35. The average molecular weight is 343 g/mol. The molecule has 0 saturated carbocycles. The summed E-state index contributed by atoms with van der Waals surface area (Å²) in [5.41, 5.74) is 12.9. The molecule has 1 fully saturated rings. The third-order valence-corrected chi connectivity index (χ3v) is 5.33. The lowest BCUT2D eigenvalue weighted by Crippen LogP contribution is -2.34. The molecule has 4 nitrogen and oxygen atoms in total. The van der Waals surface area contributed by atoms with Crippen LogP contribution >= 0.6 is 11.8 Å². The highest BCUT2D eigenvalue weighted by Crippen LogP contribution is 2.32. The molecule has 1 atom stereocenters. The highest BCUT2D eigenvalue weighted by molar-refractivity contribution is 7.99. The summed E-state index contributed by atoms with van der Waals surface area (Å²) >= 11 is 1.66. The van der Waals surface area contributed by atoms with Crippen molar-refractivity contribution in [2.45, 2.75) is 35.6 Å². The molecule has 1 heterocycles. The fourth-order valence-corrected chi connectivity index (χ4v) is 3.80. The Morgan fingerprint density at radius 3 is 2.54 bits per heavy atom. The molecule has 3 rings (SSSR count). The zero-order valence-electron chi connectivity index (χ0n) is 14.1. The lowest BCUT2D eigenvalue weighted by molar-refractivity contribution is 0.172. The Morgan fingerprint density at radius 1 is 1.04 bits per heavy atom. The predicted molar refractivity (Wildman–Crippen MR) is 102 cm³/mol. The Morgan fingerprint density at radius 2 is 1.79 bits per heavy atom. The number of ether oxygens (including phenoxy) is 1. The van der Waals surface area contributed by atoms with Gasteiger partial charge in [-0.2, -0.15) is 0 Å². The van der Waals surface area contributed by atoms with Crippen molar-refractivity contribution in [3.63, 3.8) is 0 Å². The lowest BCUT2D eigenvalue weighted by Gasteiger charge is -2.23. The van der Waals surface area contributed by atoms with E-state index in [-0.39, 0.29) is 0 Å². The number of hydrogen-bond acceptors (Lipinski definition) is 5. The molecule has 0 spiro atoms. The molecule has 1 aliphatic heterocycles. The van der Waals surface area contributed by atoms with Crippen LogP contribution in [0.2, 0.25) is 0 Å². The smallest absolute Gasteiger partial charge is 0.120 e. The summed E-state index contributed by atoms with van der Waals surface area (Å²) < 4.78 is 6.00. The number of nitrogens with two attached hydrogens (primary N) is 2. The summed E-state index contributed by atoms with van der Waals surface area (Å²) in [5, 5.41) is 0. The van der Waals surface area contributed by atoms with Gasteiger partial charge in [-0.3, -0.25) is 4.90 Å². The van der Waals surface area contributed by atoms with Gasteiger partial charge < -0.3 is 16.2 Å². The summed E-state index contributed by atoms with van der Waals surface area (Å²) in [6, 6.07) is 14.4. The van der Waals surface area contributed by atoms with Gasteiger partial charge in [0.2, 0.25) is 0 Å². The van der Waals surface area contributed by atoms with E-state index in [0.717, 1.165) is 22.1 Å². The average Bonchev–Trinajstić information content (AvgIpc) is 3.11. The SMILES string of the molecule is CC(COc1cccc(Sc2ccc(N)c(N)c2)c1)N1CCCC1. The van der Waals surface area contributed by atoms with E-state index < -0.39 is 0 Å². The van der Waals surface area contributed by atoms with Gasteiger partial charge in [-0.1, -0.05) is 17.8 Å². The number of nitrogens with zero attached hydrogens (tertiary/aromatic N) is 1. The first-order chi connectivity index (χ1) is 11.6. The Hall–Kier alpha value is -1.85. The first-order valence-electron chi connectivity index (χ1n) is 8.41. The van der Waals surface area contributed by atoms with E-state index in [4.69, 9.17) is 16.2 Å². The maximum Gasteiger partial charge on any atom is 0.120 e. The van der Waals surface area contributed by atoms with E-state index in [1.807, 2.05) is 30.3 Å². The largest absolute Gasteiger partial charge is 0.492 e. The van der Waals surface area contributed by atoms with Crippen molar-refractivity contribution < 1.29 is 4.74 Å². The van der Waals surface area contributed by atoms with Crippen molar-refractivity contribution in [1.29, 1.82) is 0 Å². The second-order valence-electron chi connectivity index (χ2n) is 6.27. The van der Waals surface area contributed by atoms with Crippen molar-refractivity contribution in [3.05, 3.63) is 42.5 Å². The van der Waals surface area contributed by atoms with E-state index >= 15 is 0 Å². The number of rotatable bonds is 6. The maximum atomic E-state index is 6.00. The second kappa shape index (κ2) is 7.81. The molecule has 1 saturated heterocycles. The van der Waals surface area contributed by atoms with Crippen LogP contribution in [0.1, 0.15) is 19.8 Å². The summed E-state index contributed by atoms with van der Waals surface area (Å²) in [6.45, 7) is 5.35. The van der Waals surface area contributed by atoms with Gasteiger partial charge in [-0.15, -0.1) is 0 Å². The molecule has 0 aromatic heterocycles. The lowest BCUT2D eigenvalue weighted by atomic mass is 10.3. The van der Waals surface area contributed by atoms with Crippen LogP contribution in [0, 0.1) is 0 Å². The quantitative estimate of drug-likeness (QED) is 0.780.